The predicted molar refractivity (Wildman–Crippen MR) is 81.0 cm³/mol. The topological polar surface area (TPSA) is 51.1 Å². The molecule has 0 saturated heterocycles. The molecule has 0 spiro atoms. The molecule has 20 heavy (non-hydrogen) atoms. The molecular formula is C14H17ClN2O2S. The Labute approximate surface area is 124 Å². The Bertz CT molecular complexity index is 694. The molecule has 0 aliphatic rings. The van der Waals surface area contributed by atoms with Gasteiger partial charge in [0.25, 0.3) is 0 Å². The summed E-state index contributed by atoms with van der Waals surface area (Å²) in [5, 5.41) is 0.241. The van der Waals surface area contributed by atoms with E-state index in [0.29, 0.717) is 17.8 Å². The number of halogens is 1. The van der Waals surface area contributed by atoms with Crippen molar-refractivity contribution in [3.63, 3.8) is 0 Å². The van der Waals surface area contributed by atoms with Crippen molar-refractivity contribution in [2.75, 3.05) is 6.54 Å². The molecule has 108 valence electrons. The van der Waals surface area contributed by atoms with Gasteiger partial charge in [-0.15, -0.1) is 0 Å². The standard InChI is InChI=1S/C14H17ClN2O2S/c1-3-8-16-20(18,19)14-11(2)6-7-12(13(14)15)17-9-4-5-10-17/h4-7,9-10,16H,3,8H2,1-2H3. The lowest BCUT2D eigenvalue weighted by molar-refractivity contribution is 0.580. The third-order valence-corrected chi connectivity index (χ3v) is 5.11. The van der Waals surface area contributed by atoms with Crippen molar-refractivity contribution in [1.82, 2.24) is 9.29 Å². The van der Waals surface area contributed by atoms with Crippen LogP contribution in [0.1, 0.15) is 18.9 Å². The predicted octanol–water partition coefficient (Wildman–Crippen LogP) is 3.13. The Morgan fingerprint density at radius 2 is 1.90 bits per heavy atom. The summed E-state index contributed by atoms with van der Waals surface area (Å²) in [5.74, 6) is 0. The number of sulfonamides is 1. The summed E-state index contributed by atoms with van der Waals surface area (Å²) < 4.78 is 29.0. The fraction of sp³-hybridized carbons (Fsp3) is 0.286. The summed E-state index contributed by atoms with van der Waals surface area (Å²) in [6.45, 7) is 4.05. The van der Waals surface area contributed by atoms with Crippen molar-refractivity contribution < 1.29 is 8.42 Å². The normalized spacial score (nSPS) is 11.8. The molecule has 0 bridgehead atoms. The van der Waals surface area contributed by atoms with Crippen LogP contribution in [0.4, 0.5) is 0 Å². The molecule has 0 aliphatic carbocycles. The molecule has 1 N–H and O–H groups in total. The summed E-state index contributed by atoms with van der Waals surface area (Å²) in [7, 11) is -3.59. The summed E-state index contributed by atoms with van der Waals surface area (Å²) in [6.07, 6.45) is 4.38. The van der Waals surface area contributed by atoms with Gasteiger partial charge >= 0.3 is 0 Å². The molecule has 0 radical (unpaired) electrons. The molecule has 0 unspecified atom stereocenters. The van der Waals surface area contributed by atoms with Gasteiger partial charge in [0.1, 0.15) is 4.90 Å². The number of aromatic nitrogens is 1. The highest BCUT2D eigenvalue weighted by Gasteiger charge is 2.22. The first-order valence-electron chi connectivity index (χ1n) is 6.39. The molecule has 0 fully saturated rings. The zero-order valence-electron chi connectivity index (χ0n) is 11.4. The lowest BCUT2D eigenvalue weighted by Gasteiger charge is -2.14. The van der Waals surface area contributed by atoms with E-state index in [9.17, 15) is 8.42 Å². The minimum Gasteiger partial charge on any atom is -0.322 e. The van der Waals surface area contributed by atoms with Crippen LogP contribution in [0.5, 0.6) is 0 Å². The summed E-state index contributed by atoms with van der Waals surface area (Å²) in [5.41, 5.74) is 1.29. The van der Waals surface area contributed by atoms with Crippen LogP contribution in [0.15, 0.2) is 41.6 Å². The second-order valence-electron chi connectivity index (χ2n) is 4.53. The molecule has 4 nitrogen and oxygen atoms in total. The van der Waals surface area contributed by atoms with Gasteiger partial charge < -0.3 is 4.57 Å². The molecule has 0 amide bonds. The van der Waals surface area contributed by atoms with E-state index in [1.807, 2.05) is 37.5 Å². The summed E-state index contributed by atoms with van der Waals surface area (Å²) in [4.78, 5) is 0.152. The van der Waals surface area contributed by atoms with Crippen LogP contribution >= 0.6 is 11.6 Å². The Balaban J connectivity index is 2.56. The third-order valence-electron chi connectivity index (χ3n) is 2.97. The Morgan fingerprint density at radius 3 is 2.50 bits per heavy atom. The van der Waals surface area contributed by atoms with Crippen LogP contribution in [-0.4, -0.2) is 19.5 Å². The van der Waals surface area contributed by atoms with Crippen LogP contribution in [0.3, 0.4) is 0 Å². The first-order chi connectivity index (χ1) is 9.47. The van der Waals surface area contributed by atoms with Gasteiger partial charge in [0.2, 0.25) is 10.0 Å². The smallest absolute Gasteiger partial charge is 0.242 e. The van der Waals surface area contributed by atoms with Crippen molar-refractivity contribution in [2.24, 2.45) is 0 Å². The van der Waals surface area contributed by atoms with Gasteiger partial charge in [0, 0.05) is 18.9 Å². The van der Waals surface area contributed by atoms with Crippen LogP contribution < -0.4 is 4.72 Å². The van der Waals surface area contributed by atoms with E-state index in [1.165, 1.54) is 0 Å². The van der Waals surface area contributed by atoms with E-state index in [2.05, 4.69) is 4.72 Å². The zero-order chi connectivity index (χ0) is 14.8. The van der Waals surface area contributed by atoms with Crippen LogP contribution in [0.25, 0.3) is 5.69 Å². The highest BCUT2D eigenvalue weighted by Crippen LogP contribution is 2.31. The van der Waals surface area contributed by atoms with Crippen molar-refractivity contribution in [2.45, 2.75) is 25.2 Å². The number of benzene rings is 1. The summed E-state index contributed by atoms with van der Waals surface area (Å²) in [6, 6.07) is 7.30. The number of nitrogens with one attached hydrogen (secondary N) is 1. The number of rotatable bonds is 5. The van der Waals surface area contributed by atoms with E-state index < -0.39 is 10.0 Å². The SMILES string of the molecule is CCCNS(=O)(=O)c1c(C)ccc(-n2cccc2)c1Cl. The van der Waals surface area contributed by atoms with Gasteiger partial charge in [-0.05, 0) is 37.1 Å². The van der Waals surface area contributed by atoms with E-state index in [1.54, 1.807) is 17.6 Å². The van der Waals surface area contributed by atoms with E-state index in [-0.39, 0.29) is 9.92 Å². The van der Waals surface area contributed by atoms with Crippen molar-refractivity contribution in [3.8, 4) is 5.69 Å². The molecule has 0 aliphatic heterocycles. The lowest BCUT2D eigenvalue weighted by atomic mass is 10.2. The van der Waals surface area contributed by atoms with Gasteiger partial charge in [-0.1, -0.05) is 24.6 Å². The Hall–Kier alpha value is -1.30. The van der Waals surface area contributed by atoms with Crippen LogP contribution in [0, 0.1) is 6.92 Å². The lowest BCUT2D eigenvalue weighted by Crippen LogP contribution is -2.25. The second-order valence-corrected chi connectivity index (χ2v) is 6.61. The number of hydrogen-bond donors (Lipinski definition) is 1. The molecule has 6 heteroatoms. The maximum Gasteiger partial charge on any atom is 0.242 e. The average molecular weight is 313 g/mol. The quantitative estimate of drug-likeness (QED) is 0.922. The number of aryl methyl sites for hydroxylation is 1. The molecule has 2 aromatic rings. The highest BCUT2D eigenvalue weighted by molar-refractivity contribution is 7.89. The first kappa shape index (κ1) is 15.1. The minimum absolute atomic E-state index is 0.152. The molecule has 0 saturated carbocycles. The van der Waals surface area contributed by atoms with E-state index in [4.69, 9.17) is 11.6 Å². The molecule has 1 aromatic carbocycles. The van der Waals surface area contributed by atoms with Crippen molar-refractivity contribution in [1.29, 1.82) is 0 Å². The van der Waals surface area contributed by atoms with E-state index in [0.717, 1.165) is 6.42 Å². The molecule has 2 rings (SSSR count). The maximum absolute atomic E-state index is 12.3. The number of hydrogen-bond acceptors (Lipinski definition) is 2. The fourth-order valence-electron chi connectivity index (χ4n) is 1.98. The second kappa shape index (κ2) is 5.99. The van der Waals surface area contributed by atoms with Crippen LogP contribution in [-0.2, 0) is 10.0 Å². The minimum atomic E-state index is -3.59. The summed E-state index contributed by atoms with van der Waals surface area (Å²) >= 11 is 6.33. The largest absolute Gasteiger partial charge is 0.322 e. The first-order valence-corrected chi connectivity index (χ1v) is 8.25. The zero-order valence-corrected chi connectivity index (χ0v) is 13.0. The Kier molecular flexibility index (Phi) is 4.52. The fourth-order valence-corrected chi connectivity index (χ4v) is 4.04. The van der Waals surface area contributed by atoms with Gasteiger partial charge in [0.05, 0.1) is 10.7 Å². The van der Waals surface area contributed by atoms with Gasteiger partial charge in [0.15, 0.2) is 0 Å². The van der Waals surface area contributed by atoms with Crippen LogP contribution in [0.2, 0.25) is 5.02 Å². The molecular weight excluding hydrogens is 296 g/mol. The third kappa shape index (κ3) is 2.90. The van der Waals surface area contributed by atoms with Gasteiger partial charge in [-0.25, -0.2) is 13.1 Å². The van der Waals surface area contributed by atoms with E-state index >= 15 is 0 Å². The maximum atomic E-state index is 12.3. The molecule has 1 aromatic heterocycles. The van der Waals surface area contributed by atoms with Crippen molar-refractivity contribution in [3.05, 3.63) is 47.2 Å². The monoisotopic (exact) mass is 312 g/mol. The highest BCUT2D eigenvalue weighted by atomic mass is 35.5. The average Bonchev–Trinajstić information content (AvgIpc) is 2.90. The van der Waals surface area contributed by atoms with Gasteiger partial charge in [-0.2, -0.15) is 0 Å². The van der Waals surface area contributed by atoms with Gasteiger partial charge in [-0.3, -0.25) is 0 Å². The molecule has 1 heterocycles. The molecule has 0 atom stereocenters. The Morgan fingerprint density at radius 1 is 1.25 bits per heavy atom. The number of nitrogens with zero attached hydrogens (tertiary/aromatic N) is 1. The van der Waals surface area contributed by atoms with Crippen molar-refractivity contribution >= 4 is 21.6 Å².